The van der Waals surface area contributed by atoms with Crippen LogP contribution in [0.1, 0.15) is 47.7 Å². The van der Waals surface area contributed by atoms with Gasteiger partial charge in [-0.25, -0.2) is 4.79 Å². The number of hydrogen-bond acceptors (Lipinski definition) is 3. The van der Waals surface area contributed by atoms with Crippen LogP contribution in [0, 0.1) is 0 Å². The number of primary amides is 1. The van der Waals surface area contributed by atoms with E-state index in [-0.39, 0.29) is 23.9 Å². The number of rotatable bonds is 4. The predicted octanol–water partition coefficient (Wildman–Crippen LogP) is 2.03. The monoisotopic (exact) mass is 383 g/mol. The van der Waals surface area contributed by atoms with Crippen LogP contribution >= 0.6 is 0 Å². The maximum Gasteiger partial charge on any atom is 0.317 e. The van der Waals surface area contributed by atoms with Gasteiger partial charge in [-0.1, -0.05) is 0 Å². The van der Waals surface area contributed by atoms with Crippen molar-refractivity contribution in [2.75, 3.05) is 26.7 Å². The van der Waals surface area contributed by atoms with Gasteiger partial charge in [0.25, 0.3) is 0 Å². The van der Waals surface area contributed by atoms with Crippen LogP contribution in [-0.4, -0.2) is 65.5 Å². The van der Waals surface area contributed by atoms with Gasteiger partial charge in [0.05, 0.1) is 0 Å². The molecule has 2 aliphatic rings. The molecule has 1 aliphatic carbocycles. The van der Waals surface area contributed by atoms with E-state index in [0.717, 1.165) is 35.9 Å². The zero-order chi connectivity index (χ0) is 20.0. The molecule has 1 saturated heterocycles. The standard InChI is InChI=1S/C21H29N5O2/c1-4-26(5-2)21(28)24-13-9-15-17(25(3)11-13)8-12-10-23-16-7-6-14(20(22)27)19(15)18(12)16/h6-7,10,13,15,17,23H,4-5,8-9,11H2,1-3H3,(H2,22,27)(H,24,28)/t13?,15-,17+/m0/s1. The van der Waals surface area contributed by atoms with Crippen molar-refractivity contribution in [3.05, 3.63) is 35.0 Å². The summed E-state index contributed by atoms with van der Waals surface area (Å²) in [5.41, 5.74) is 9.67. The highest BCUT2D eigenvalue weighted by Crippen LogP contribution is 2.44. The first-order chi connectivity index (χ1) is 13.4. The van der Waals surface area contributed by atoms with E-state index in [0.29, 0.717) is 24.7 Å². The van der Waals surface area contributed by atoms with Gasteiger partial charge in [-0.05, 0) is 57.0 Å². The summed E-state index contributed by atoms with van der Waals surface area (Å²) in [6.45, 7) is 6.15. The third-order valence-electron chi connectivity index (χ3n) is 6.49. The van der Waals surface area contributed by atoms with Crippen molar-refractivity contribution < 1.29 is 9.59 Å². The van der Waals surface area contributed by atoms with Gasteiger partial charge in [0.15, 0.2) is 0 Å². The van der Waals surface area contributed by atoms with Crippen LogP contribution in [0.15, 0.2) is 18.3 Å². The molecule has 1 aromatic carbocycles. The number of urea groups is 1. The molecule has 7 heteroatoms. The Kier molecular flexibility index (Phi) is 4.79. The highest BCUT2D eigenvalue weighted by atomic mass is 16.2. The Morgan fingerprint density at radius 1 is 1.32 bits per heavy atom. The molecule has 3 atom stereocenters. The van der Waals surface area contributed by atoms with Crippen LogP contribution in [0.5, 0.6) is 0 Å². The molecule has 0 saturated carbocycles. The fourth-order valence-corrected chi connectivity index (χ4v) is 5.13. The summed E-state index contributed by atoms with van der Waals surface area (Å²) in [6.07, 6.45) is 3.80. The zero-order valence-electron chi connectivity index (χ0n) is 16.8. The fourth-order valence-electron chi connectivity index (χ4n) is 5.13. The first-order valence-electron chi connectivity index (χ1n) is 10.1. The largest absolute Gasteiger partial charge is 0.366 e. The number of likely N-dealkylation sites (N-methyl/N-ethyl adjacent to an activating group) is 1. The van der Waals surface area contributed by atoms with Gasteiger partial charge in [-0.2, -0.15) is 0 Å². The topological polar surface area (TPSA) is 94.5 Å². The Hall–Kier alpha value is -2.54. The lowest BCUT2D eigenvalue weighted by Crippen LogP contribution is -2.56. The minimum atomic E-state index is -0.387. The Balaban J connectivity index is 1.70. The minimum absolute atomic E-state index is 0.0201. The van der Waals surface area contributed by atoms with E-state index in [2.05, 4.69) is 28.4 Å². The molecule has 28 heavy (non-hydrogen) atoms. The van der Waals surface area contributed by atoms with E-state index in [1.54, 1.807) is 4.90 Å². The summed E-state index contributed by atoms with van der Waals surface area (Å²) >= 11 is 0. The van der Waals surface area contributed by atoms with Crippen LogP contribution in [0.4, 0.5) is 4.79 Å². The lowest BCUT2D eigenvalue weighted by atomic mass is 9.72. The number of carbonyl (C=O) groups is 2. The quantitative estimate of drug-likeness (QED) is 0.754. The zero-order valence-corrected chi connectivity index (χ0v) is 16.8. The molecule has 1 aliphatic heterocycles. The fraction of sp³-hybridized carbons (Fsp3) is 0.524. The molecule has 150 valence electrons. The second kappa shape index (κ2) is 7.13. The molecule has 2 aromatic rings. The molecule has 1 fully saturated rings. The normalized spacial score (nSPS) is 24.0. The average Bonchev–Trinajstić information content (AvgIpc) is 3.07. The molecular formula is C21H29N5O2. The van der Waals surface area contributed by atoms with Crippen LogP contribution < -0.4 is 11.1 Å². The van der Waals surface area contributed by atoms with Crippen LogP contribution in [0.3, 0.4) is 0 Å². The van der Waals surface area contributed by atoms with Gasteiger partial charge in [-0.3, -0.25) is 4.79 Å². The van der Waals surface area contributed by atoms with Crippen LogP contribution in [0.2, 0.25) is 0 Å². The molecule has 4 rings (SSSR count). The van der Waals surface area contributed by atoms with Crippen molar-refractivity contribution >= 4 is 22.8 Å². The first-order valence-corrected chi connectivity index (χ1v) is 10.1. The van der Waals surface area contributed by atoms with Gasteiger partial charge < -0.3 is 25.8 Å². The number of carbonyl (C=O) groups excluding carboxylic acids is 2. The Morgan fingerprint density at radius 2 is 2.07 bits per heavy atom. The lowest BCUT2D eigenvalue weighted by molar-refractivity contribution is 0.0990. The number of H-pyrrole nitrogens is 1. The number of piperidine rings is 1. The van der Waals surface area contributed by atoms with E-state index in [1.165, 1.54) is 5.56 Å². The lowest BCUT2D eigenvalue weighted by Gasteiger charge is -2.46. The van der Waals surface area contributed by atoms with Gasteiger partial charge >= 0.3 is 6.03 Å². The van der Waals surface area contributed by atoms with Crippen LogP contribution in [0.25, 0.3) is 10.9 Å². The van der Waals surface area contributed by atoms with Crippen molar-refractivity contribution in [3.63, 3.8) is 0 Å². The number of nitrogens with zero attached hydrogens (tertiary/aromatic N) is 2. The van der Waals surface area contributed by atoms with Crippen molar-refractivity contribution in [2.24, 2.45) is 5.73 Å². The van der Waals surface area contributed by atoms with Crippen LogP contribution in [-0.2, 0) is 6.42 Å². The van der Waals surface area contributed by atoms with E-state index in [1.807, 2.05) is 26.0 Å². The third kappa shape index (κ3) is 2.94. The summed E-state index contributed by atoms with van der Waals surface area (Å²) in [5, 5.41) is 4.34. The minimum Gasteiger partial charge on any atom is -0.366 e. The molecule has 1 aromatic heterocycles. The van der Waals surface area contributed by atoms with Gasteiger partial charge in [0.2, 0.25) is 5.91 Å². The highest BCUT2D eigenvalue weighted by molar-refractivity contribution is 6.02. The molecule has 0 bridgehead atoms. The number of amides is 3. The number of nitrogens with two attached hydrogens (primary N) is 1. The number of aromatic amines is 1. The van der Waals surface area contributed by atoms with Gasteiger partial charge in [-0.15, -0.1) is 0 Å². The maximum absolute atomic E-state index is 12.6. The molecule has 2 heterocycles. The SMILES string of the molecule is CCN(CC)C(=O)NC1C[C@@H]2c3c(C(N)=O)ccc4[nH]cc(c34)C[C@H]2N(C)C1. The number of fused-ring (bicyclic) bond motifs is 2. The number of hydrogen-bond donors (Lipinski definition) is 3. The molecule has 7 nitrogen and oxygen atoms in total. The average molecular weight is 383 g/mol. The maximum atomic E-state index is 12.6. The molecule has 4 N–H and O–H groups in total. The van der Waals surface area contributed by atoms with Crippen molar-refractivity contribution in [2.45, 2.75) is 44.7 Å². The molecule has 3 amide bonds. The number of likely N-dealkylation sites (tertiary alicyclic amines) is 1. The van der Waals surface area contributed by atoms with Gasteiger partial charge in [0.1, 0.15) is 0 Å². The Bertz CT molecular complexity index is 917. The van der Waals surface area contributed by atoms with E-state index >= 15 is 0 Å². The first kappa shape index (κ1) is 18.8. The van der Waals surface area contributed by atoms with Crippen molar-refractivity contribution in [1.82, 2.24) is 20.1 Å². The van der Waals surface area contributed by atoms with E-state index in [4.69, 9.17) is 5.73 Å². The number of aromatic nitrogens is 1. The Labute approximate surface area is 165 Å². The molecular weight excluding hydrogens is 354 g/mol. The number of benzene rings is 1. The van der Waals surface area contributed by atoms with Crippen molar-refractivity contribution in [3.8, 4) is 0 Å². The molecule has 1 unspecified atom stereocenters. The summed E-state index contributed by atoms with van der Waals surface area (Å²) in [7, 11) is 2.11. The second-order valence-corrected chi connectivity index (χ2v) is 8.00. The molecule has 0 spiro atoms. The second-order valence-electron chi connectivity index (χ2n) is 8.00. The highest BCUT2D eigenvalue weighted by Gasteiger charge is 2.41. The smallest absolute Gasteiger partial charge is 0.317 e. The summed E-state index contributed by atoms with van der Waals surface area (Å²) < 4.78 is 0. The Morgan fingerprint density at radius 3 is 2.75 bits per heavy atom. The summed E-state index contributed by atoms with van der Waals surface area (Å²) in [6, 6.07) is 4.09. The predicted molar refractivity (Wildman–Crippen MR) is 110 cm³/mol. The summed E-state index contributed by atoms with van der Waals surface area (Å²) in [5.74, 6) is -0.225. The van der Waals surface area contributed by atoms with Crippen molar-refractivity contribution in [1.29, 1.82) is 0 Å². The van der Waals surface area contributed by atoms with E-state index in [9.17, 15) is 9.59 Å². The number of nitrogens with one attached hydrogen (secondary N) is 2. The third-order valence-corrected chi connectivity index (χ3v) is 6.49. The van der Waals surface area contributed by atoms with Gasteiger partial charge in [0, 0.05) is 60.3 Å². The van der Waals surface area contributed by atoms with E-state index < -0.39 is 0 Å². The summed E-state index contributed by atoms with van der Waals surface area (Å²) in [4.78, 5) is 32.2. The molecule has 0 radical (unpaired) electrons.